The van der Waals surface area contributed by atoms with Gasteiger partial charge in [-0.3, -0.25) is 0 Å². The van der Waals surface area contributed by atoms with Crippen molar-refractivity contribution < 1.29 is 4.42 Å². The molecule has 1 aromatic heterocycles. The van der Waals surface area contributed by atoms with Gasteiger partial charge >= 0.3 is 0 Å². The van der Waals surface area contributed by atoms with E-state index in [2.05, 4.69) is 34.8 Å². The number of hydrogen-bond donors (Lipinski definition) is 1. The summed E-state index contributed by atoms with van der Waals surface area (Å²) in [6.07, 6.45) is 2.79. The van der Waals surface area contributed by atoms with Crippen LogP contribution < -0.4 is 5.32 Å². The molecule has 1 atom stereocenters. The molecule has 1 fully saturated rings. The van der Waals surface area contributed by atoms with Gasteiger partial charge in [0.25, 0.3) is 0 Å². The van der Waals surface area contributed by atoms with Gasteiger partial charge in [0, 0.05) is 6.04 Å². The molecule has 0 radical (unpaired) electrons. The van der Waals surface area contributed by atoms with Crippen molar-refractivity contribution in [1.29, 1.82) is 0 Å². The molecule has 0 spiro atoms. The summed E-state index contributed by atoms with van der Waals surface area (Å²) in [5.41, 5.74) is 0. The predicted octanol–water partition coefficient (Wildman–Crippen LogP) is 2.77. The summed E-state index contributed by atoms with van der Waals surface area (Å²) in [6, 6.07) is 4.68. The van der Waals surface area contributed by atoms with E-state index in [1.54, 1.807) is 0 Å². The lowest BCUT2D eigenvalue weighted by Gasteiger charge is -2.10. The molecule has 1 N–H and O–H groups in total. The third-order valence-electron chi connectivity index (χ3n) is 2.56. The largest absolute Gasteiger partial charge is 0.454 e. The maximum absolute atomic E-state index is 5.46. The lowest BCUT2D eigenvalue weighted by atomic mass is 10.2. The van der Waals surface area contributed by atoms with Crippen molar-refractivity contribution >= 4 is 22.6 Å². The molecule has 2 nitrogen and oxygen atoms in total. The third-order valence-corrected chi connectivity index (χ3v) is 3.14. The molecule has 1 saturated carbocycles. The second-order valence-electron chi connectivity index (χ2n) is 3.71. The first-order valence-electron chi connectivity index (χ1n) is 4.73. The molecule has 2 rings (SSSR count). The molecule has 1 unspecified atom stereocenters. The van der Waals surface area contributed by atoms with E-state index in [0.717, 1.165) is 22.0 Å². The average Bonchev–Trinajstić information content (AvgIpc) is 2.87. The maximum Gasteiger partial charge on any atom is 0.164 e. The fourth-order valence-corrected chi connectivity index (χ4v) is 1.93. The second-order valence-corrected chi connectivity index (χ2v) is 4.78. The summed E-state index contributed by atoms with van der Waals surface area (Å²) >= 11 is 2.19. The van der Waals surface area contributed by atoms with Crippen LogP contribution in [0.25, 0.3) is 0 Å². The molecule has 72 valence electrons. The van der Waals surface area contributed by atoms with E-state index in [9.17, 15) is 0 Å². The van der Waals surface area contributed by atoms with Gasteiger partial charge in [0.2, 0.25) is 0 Å². The molecule has 0 aliphatic heterocycles. The summed E-state index contributed by atoms with van der Waals surface area (Å²) in [6.45, 7) is 3.12. The van der Waals surface area contributed by atoms with Gasteiger partial charge in [0.1, 0.15) is 5.76 Å². The third kappa shape index (κ3) is 2.71. The quantitative estimate of drug-likeness (QED) is 0.863. The Hall–Kier alpha value is -0.0300. The highest BCUT2D eigenvalue weighted by Gasteiger charge is 2.27. The SMILES string of the molecule is CC(NCc1ccc(I)o1)C1CC1. The number of halogens is 1. The molecular weight excluding hydrogens is 277 g/mol. The van der Waals surface area contributed by atoms with Crippen LogP contribution in [0.1, 0.15) is 25.5 Å². The Morgan fingerprint density at radius 3 is 2.92 bits per heavy atom. The topological polar surface area (TPSA) is 25.2 Å². The van der Waals surface area contributed by atoms with E-state index >= 15 is 0 Å². The van der Waals surface area contributed by atoms with E-state index in [4.69, 9.17) is 4.42 Å². The van der Waals surface area contributed by atoms with Crippen molar-refractivity contribution in [1.82, 2.24) is 5.32 Å². The molecule has 0 saturated heterocycles. The minimum Gasteiger partial charge on any atom is -0.454 e. The van der Waals surface area contributed by atoms with E-state index in [0.29, 0.717) is 6.04 Å². The van der Waals surface area contributed by atoms with Gasteiger partial charge in [-0.05, 0) is 60.4 Å². The average molecular weight is 291 g/mol. The van der Waals surface area contributed by atoms with Crippen LogP contribution in [0.15, 0.2) is 16.5 Å². The number of furan rings is 1. The highest BCUT2D eigenvalue weighted by atomic mass is 127. The Morgan fingerprint density at radius 1 is 1.62 bits per heavy atom. The zero-order valence-electron chi connectivity index (χ0n) is 7.72. The normalized spacial score (nSPS) is 18.9. The van der Waals surface area contributed by atoms with Crippen LogP contribution in [0.4, 0.5) is 0 Å². The van der Waals surface area contributed by atoms with E-state index in [1.165, 1.54) is 12.8 Å². The van der Waals surface area contributed by atoms with Gasteiger partial charge in [-0.15, -0.1) is 0 Å². The summed E-state index contributed by atoms with van der Waals surface area (Å²) in [4.78, 5) is 0. The Bertz CT molecular complexity index is 280. The highest BCUT2D eigenvalue weighted by Crippen LogP contribution is 2.32. The molecule has 3 heteroatoms. The highest BCUT2D eigenvalue weighted by molar-refractivity contribution is 14.1. The van der Waals surface area contributed by atoms with Crippen molar-refractivity contribution in [2.75, 3.05) is 0 Å². The zero-order valence-corrected chi connectivity index (χ0v) is 9.87. The molecular formula is C10H14INO. The Kier molecular flexibility index (Phi) is 2.93. The van der Waals surface area contributed by atoms with Gasteiger partial charge in [-0.1, -0.05) is 0 Å². The molecule has 0 bridgehead atoms. The molecule has 1 aromatic rings. The summed E-state index contributed by atoms with van der Waals surface area (Å²) in [5, 5.41) is 3.48. The van der Waals surface area contributed by atoms with Crippen molar-refractivity contribution in [2.45, 2.75) is 32.4 Å². The minimum absolute atomic E-state index is 0.641. The minimum atomic E-state index is 0.641. The fraction of sp³-hybridized carbons (Fsp3) is 0.600. The van der Waals surface area contributed by atoms with Crippen LogP contribution in [0.5, 0.6) is 0 Å². The first kappa shape index (κ1) is 9.52. The smallest absolute Gasteiger partial charge is 0.164 e. The Labute approximate surface area is 92.2 Å². The lowest BCUT2D eigenvalue weighted by Crippen LogP contribution is -2.26. The zero-order chi connectivity index (χ0) is 9.26. The first-order valence-corrected chi connectivity index (χ1v) is 5.81. The summed E-state index contributed by atoms with van der Waals surface area (Å²) < 4.78 is 6.42. The van der Waals surface area contributed by atoms with Crippen LogP contribution >= 0.6 is 22.6 Å². The van der Waals surface area contributed by atoms with Gasteiger partial charge in [-0.25, -0.2) is 0 Å². The monoisotopic (exact) mass is 291 g/mol. The van der Waals surface area contributed by atoms with E-state index in [1.807, 2.05) is 12.1 Å². The predicted molar refractivity (Wildman–Crippen MR) is 60.5 cm³/mol. The van der Waals surface area contributed by atoms with Crippen LogP contribution in [-0.4, -0.2) is 6.04 Å². The molecule has 1 aliphatic carbocycles. The van der Waals surface area contributed by atoms with Gasteiger partial charge in [0.15, 0.2) is 3.77 Å². The summed E-state index contributed by atoms with van der Waals surface area (Å²) in [7, 11) is 0. The van der Waals surface area contributed by atoms with E-state index < -0.39 is 0 Å². The molecule has 1 aliphatic rings. The molecule has 1 heterocycles. The maximum atomic E-state index is 5.46. The molecule has 13 heavy (non-hydrogen) atoms. The lowest BCUT2D eigenvalue weighted by molar-refractivity contribution is 0.424. The van der Waals surface area contributed by atoms with E-state index in [-0.39, 0.29) is 0 Å². The number of nitrogens with one attached hydrogen (secondary N) is 1. The van der Waals surface area contributed by atoms with Crippen LogP contribution in [0, 0.1) is 9.68 Å². The van der Waals surface area contributed by atoms with Crippen LogP contribution in [0.2, 0.25) is 0 Å². The van der Waals surface area contributed by atoms with Crippen LogP contribution in [0.3, 0.4) is 0 Å². The number of hydrogen-bond acceptors (Lipinski definition) is 2. The summed E-state index contributed by atoms with van der Waals surface area (Å²) in [5.74, 6) is 1.95. The Balaban J connectivity index is 1.78. The van der Waals surface area contributed by atoms with Gasteiger partial charge in [0.05, 0.1) is 6.54 Å². The second kappa shape index (κ2) is 4.00. The number of rotatable bonds is 4. The van der Waals surface area contributed by atoms with Crippen molar-refractivity contribution in [2.24, 2.45) is 5.92 Å². The molecule has 0 amide bonds. The first-order chi connectivity index (χ1) is 6.25. The van der Waals surface area contributed by atoms with Crippen LogP contribution in [-0.2, 0) is 6.54 Å². The van der Waals surface area contributed by atoms with Crippen molar-refractivity contribution in [3.8, 4) is 0 Å². The fourth-order valence-electron chi connectivity index (χ4n) is 1.47. The van der Waals surface area contributed by atoms with Gasteiger partial charge < -0.3 is 9.73 Å². The van der Waals surface area contributed by atoms with Crippen molar-refractivity contribution in [3.63, 3.8) is 0 Å². The standard InChI is InChI=1S/C10H14INO/c1-7(8-2-3-8)12-6-9-4-5-10(11)13-9/h4-5,7-8,12H,2-3,6H2,1H3. The van der Waals surface area contributed by atoms with Gasteiger partial charge in [-0.2, -0.15) is 0 Å². The molecule has 0 aromatic carbocycles. The Morgan fingerprint density at radius 2 is 2.38 bits per heavy atom. The van der Waals surface area contributed by atoms with Crippen molar-refractivity contribution in [3.05, 3.63) is 21.7 Å².